The van der Waals surface area contributed by atoms with Crippen molar-refractivity contribution < 1.29 is 19.4 Å². The molecule has 6 heteroatoms. The number of rotatable bonds is 9. The minimum absolute atomic E-state index is 0.00447. The quantitative estimate of drug-likeness (QED) is 0.721. The first-order chi connectivity index (χ1) is 12.2. The van der Waals surface area contributed by atoms with Crippen molar-refractivity contribution in [1.82, 2.24) is 5.32 Å². The fraction of sp³-hybridized carbons (Fsp3) is 0.421. The van der Waals surface area contributed by atoms with Crippen LogP contribution in [0.1, 0.15) is 30.1 Å². The molecule has 1 aliphatic carbocycles. The lowest BCUT2D eigenvalue weighted by Crippen LogP contribution is -2.38. The first-order valence-electron chi connectivity index (χ1n) is 8.37. The van der Waals surface area contributed by atoms with E-state index in [2.05, 4.69) is 5.32 Å². The highest BCUT2D eigenvalue weighted by Gasteiger charge is 2.52. The number of nitrogens with one attached hydrogen (secondary N) is 1. The highest BCUT2D eigenvalue weighted by atomic mass is 32.1. The van der Waals surface area contributed by atoms with E-state index >= 15 is 0 Å². The average molecular weight is 361 g/mol. The summed E-state index contributed by atoms with van der Waals surface area (Å²) >= 11 is 1.58. The second-order valence-electron chi connectivity index (χ2n) is 6.13. The van der Waals surface area contributed by atoms with Crippen LogP contribution in [0.2, 0.25) is 0 Å². The van der Waals surface area contributed by atoms with Gasteiger partial charge in [0.05, 0.1) is 25.7 Å². The SMILES string of the molecule is COc1ccccc1C1(C(=O)NCC(OCCO)c2ccsc2)CC1. The van der Waals surface area contributed by atoms with Crippen LogP contribution < -0.4 is 10.1 Å². The Morgan fingerprint density at radius 3 is 2.80 bits per heavy atom. The summed E-state index contributed by atoms with van der Waals surface area (Å²) in [5.41, 5.74) is 1.46. The molecule has 5 nitrogen and oxygen atoms in total. The third-order valence-corrected chi connectivity index (χ3v) is 5.28. The summed E-state index contributed by atoms with van der Waals surface area (Å²) in [6, 6.07) is 9.67. The van der Waals surface area contributed by atoms with Crippen LogP contribution in [0.3, 0.4) is 0 Å². The smallest absolute Gasteiger partial charge is 0.230 e. The Labute approximate surface area is 151 Å². The molecule has 0 spiro atoms. The van der Waals surface area contributed by atoms with E-state index in [0.717, 1.165) is 29.7 Å². The monoisotopic (exact) mass is 361 g/mol. The summed E-state index contributed by atoms with van der Waals surface area (Å²) in [5.74, 6) is 0.755. The molecular weight excluding hydrogens is 338 g/mol. The molecule has 1 heterocycles. The molecule has 1 aromatic carbocycles. The maximum atomic E-state index is 12.9. The normalized spacial score (nSPS) is 16.2. The van der Waals surface area contributed by atoms with Gasteiger partial charge in [-0.05, 0) is 41.3 Å². The number of thiophene rings is 1. The van der Waals surface area contributed by atoms with E-state index in [1.165, 1.54) is 0 Å². The Morgan fingerprint density at radius 2 is 2.16 bits per heavy atom. The van der Waals surface area contributed by atoms with Gasteiger partial charge in [0.25, 0.3) is 0 Å². The Hall–Kier alpha value is -1.89. The van der Waals surface area contributed by atoms with E-state index in [9.17, 15) is 4.79 Å². The lowest BCUT2D eigenvalue weighted by atomic mass is 9.94. The Kier molecular flexibility index (Phi) is 5.73. The minimum atomic E-state index is -0.497. The summed E-state index contributed by atoms with van der Waals surface area (Å²) in [7, 11) is 1.63. The van der Waals surface area contributed by atoms with Gasteiger partial charge in [-0.15, -0.1) is 0 Å². The Morgan fingerprint density at radius 1 is 1.36 bits per heavy atom. The van der Waals surface area contributed by atoms with Crippen LogP contribution in [-0.4, -0.2) is 37.9 Å². The number of carbonyl (C=O) groups is 1. The largest absolute Gasteiger partial charge is 0.496 e. The van der Waals surface area contributed by atoms with E-state index in [-0.39, 0.29) is 25.2 Å². The fourth-order valence-corrected chi connectivity index (χ4v) is 3.77. The number of para-hydroxylation sites is 1. The first-order valence-corrected chi connectivity index (χ1v) is 9.32. The number of carbonyl (C=O) groups excluding carboxylic acids is 1. The third-order valence-electron chi connectivity index (χ3n) is 4.58. The predicted molar refractivity (Wildman–Crippen MR) is 97.0 cm³/mol. The van der Waals surface area contributed by atoms with Crippen molar-refractivity contribution in [2.45, 2.75) is 24.4 Å². The maximum Gasteiger partial charge on any atom is 0.230 e. The van der Waals surface area contributed by atoms with Crippen molar-refractivity contribution in [2.24, 2.45) is 0 Å². The second-order valence-corrected chi connectivity index (χ2v) is 6.91. The van der Waals surface area contributed by atoms with Crippen LogP contribution >= 0.6 is 11.3 Å². The lowest BCUT2D eigenvalue weighted by molar-refractivity contribution is -0.124. The molecule has 0 saturated heterocycles. The minimum Gasteiger partial charge on any atom is -0.496 e. The summed E-state index contributed by atoms with van der Waals surface area (Å²) in [6.45, 7) is 0.584. The molecule has 1 fully saturated rings. The second kappa shape index (κ2) is 7.99. The zero-order valence-corrected chi connectivity index (χ0v) is 15.1. The van der Waals surface area contributed by atoms with Crippen LogP contribution in [-0.2, 0) is 14.9 Å². The highest BCUT2D eigenvalue weighted by molar-refractivity contribution is 7.07. The molecule has 1 aromatic heterocycles. The topological polar surface area (TPSA) is 67.8 Å². The van der Waals surface area contributed by atoms with Crippen LogP contribution in [0, 0.1) is 0 Å². The van der Waals surface area contributed by atoms with Gasteiger partial charge in [0.2, 0.25) is 5.91 Å². The van der Waals surface area contributed by atoms with Crippen molar-refractivity contribution in [3.8, 4) is 5.75 Å². The van der Waals surface area contributed by atoms with E-state index in [0.29, 0.717) is 6.54 Å². The number of ether oxygens (including phenoxy) is 2. The predicted octanol–water partition coefficient (Wildman–Crippen LogP) is 2.65. The van der Waals surface area contributed by atoms with Gasteiger partial charge >= 0.3 is 0 Å². The Balaban J connectivity index is 1.69. The van der Waals surface area contributed by atoms with E-state index in [4.69, 9.17) is 14.6 Å². The van der Waals surface area contributed by atoms with E-state index in [1.54, 1.807) is 18.4 Å². The molecular formula is C19H23NO4S. The highest BCUT2D eigenvalue weighted by Crippen LogP contribution is 2.51. The fourth-order valence-electron chi connectivity index (χ4n) is 3.06. The molecule has 0 bridgehead atoms. The molecule has 134 valence electrons. The summed E-state index contributed by atoms with van der Waals surface area (Å²) < 4.78 is 11.1. The molecule has 3 rings (SSSR count). The van der Waals surface area contributed by atoms with Gasteiger partial charge in [0, 0.05) is 12.1 Å². The van der Waals surface area contributed by atoms with Crippen molar-refractivity contribution in [2.75, 3.05) is 26.9 Å². The molecule has 1 amide bonds. The molecule has 1 unspecified atom stereocenters. The third kappa shape index (κ3) is 3.86. The van der Waals surface area contributed by atoms with Crippen LogP contribution in [0.15, 0.2) is 41.1 Å². The standard InChI is InChI=1S/C19H23NO4S/c1-23-16-5-3-2-4-15(16)19(7-8-19)18(22)20-12-17(24-10-9-21)14-6-11-25-13-14/h2-6,11,13,17,21H,7-10,12H2,1H3,(H,20,22). The van der Waals surface area contributed by atoms with Crippen LogP contribution in [0.5, 0.6) is 5.75 Å². The molecule has 1 aliphatic rings. The van der Waals surface area contributed by atoms with Crippen LogP contribution in [0.25, 0.3) is 0 Å². The van der Waals surface area contributed by atoms with Crippen molar-refractivity contribution >= 4 is 17.2 Å². The molecule has 1 saturated carbocycles. The molecule has 1 atom stereocenters. The van der Waals surface area contributed by atoms with Gasteiger partial charge in [-0.2, -0.15) is 11.3 Å². The molecule has 25 heavy (non-hydrogen) atoms. The van der Waals surface area contributed by atoms with Gasteiger partial charge < -0.3 is 19.9 Å². The number of hydrogen-bond donors (Lipinski definition) is 2. The molecule has 2 N–H and O–H groups in total. The van der Waals surface area contributed by atoms with Gasteiger partial charge in [-0.3, -0.25) is 4.79 Å². The van der Waals surface area contributed by atoms with Gasteiger partial charge in [-0.1, -0.05) is 18.2 Å². The first kappa shape index (κ1) is 17.9. The Bertz CT molecular complexity index is 697. The van der Waals surface area contributed by atoms with Gasteiger partial charge in [0.1, 0.15) is 11.9 Å². The number of amides is 1. The van der Waals surface area contributed by atoms with E-state index in [1.807, 2.05) is 41.1 Å². The van der Waals surface area contributed by atoms with Gasteiger partial charge in [0.15, 0.2) is 0 Å². The number of aliphatic hydroxyl groups excluding tert-OH is 1. The molecule has 0 radical (unpaired) electrons. The van der Waals surface area contributed by atoms with E-state index < -0.39 is 5.41 Å². The summed E-state index contributed by atoms with van der Waals surface area (Å²) in [5, 5.41) is 16.0. The molecule has 2 aromatic rings. The average Bonchev–Trinajstić information content (AvgIpc) is 3.28. The number of benzene rings is 1. The number of hydrogen-bond acceptors (Lipinski definition) is 5. The van der Waals surface area contributed by atoms with Gasteiger partial charge in [-0.25, -0.2) is 0 Å². The zero-order valence-electron chi connectivity index (χ0n) is 14.2. The number of aliphatic hydroxyl groups is 1. The summed E-state index contributed by atoms with van der Waals surface area (Å²) in [6.07, 6.45) is 1.38. The summed E-state index contributed by atoms with van der Waals surface area (Å²) in [4.78, 5) is 12.9. The van der Waals surface area contributed by atoms with Crippen molar-refractivity contribution in [1.29, 1.82) is 0 Å². The van der Waals surface area contributed by atoms with Crippen molar-refractivity contribution in [3.05, 3.63) is 52.2 Å². The van der Waals surface area contributed by atoms with Crippen molar-refractivity contribution in [3.63, 3.8) is 0 Å². The number of methoxy groups -OCH3 is 1. The molecule has 0 aliphatic heterocycles. The zero-order chi connectivity index (χ0) is 17.7. The maximum absolute atomic E-state index is 12.9. The van der Waals surface area contributed by atoms with Crippen LogP contribution in [0.4, 0.5) is 0 Å². The lowest BCUT2D eigenvalue weighted by Gasteiger charge is -2.21.